The Morgan fingerprint density at radius 1 is 1.26 bits per heavy atom. The fourth-order valence-electron chi connectivity index (χ4n) is 4.99. The molecule has 2 aliphatic rings. The minimum atomic E-state index is -4.31. The third kappa shape index (κ3) is 4.48. The first-order valence-corrected chi connectivity index (χ1v) is 12.1. The van der Waals surface area contributed by atoms with E-state index in [9.17, 15) is 18.3 Å². The first-order valence-electron chi connectivity index (χ1n) is 11.2. The van der Waals surface area contributed by atoms with E-state index in [2.05, 4.69) is 20.1 Å². The van der Waals surface area contributed by atoms with Crippen LogP contribution in [0.3, 0.4) is 0 Å². The fourth-order valence-corrected chi connectivity index (χ4v) is 5.82. The van der Waals surface area contributed by atoms with Gasteiger partial charge in [0.2, 0.25) is 5.82 Å². The van der Waals surface area contributed by atoms with Crippen molar-refractivity contribution in [2.45, 2.75) is 43.1 Å². The number of nitrogens with zero attached hydrogens (tertiary/aromatic N) is 5. The molecule has 1 saturated heterocycles. The lowest BCUT2D eigenvalue weighted by Gasteiger charge is -2.20. The lowest BCUT2D eigenvalue weighted by molar-refractivity contribution is -0.137. The van der Waals surface area contributed by atoms with Crippen LogP contribution in [0.4, 0.5) is 13.2 Å². The van der Waals surface area contributed by atoms with Crippen LogP contribution in [-0.4, -0.2) is 61.2 Å². The molecule has 1 spiro atoms. The van der Waals surface area contributed by atoms with Crippen LogP contribution in [0.5, 0.6) is 0 Å². The van der Waals surface area contributed by atoms with Crippen LogP contribution < -0.4 is 0 Å². The van der Waals surface area contributed by atoms with Crippen molar-refractivity contribution in [3.63, 3.8) is 0 Å². The summed E-state index contributed by atoms with van der Waals surface area (Å²) < 4.78 is 45.7. The number of hydrogen-bond donors (Lipinski definition) is 1. The lowest BCUT2D eigenvalue weighted by atomic mass is 9.97. The first-order chi connectivity index (χ1) is 16.2. The predicted octanol–water partition coefficient (Wildman–Crippen LogP) is 4.13. The molecule has 11 heteroatoms. The average molecular weight is 494 g/mol. The van der Waals surface area contributed by atoms with Gasteiger partial charge in [-0.2, -0.15) is 13.2 Å². The number of aryl methyl sites for hydroxylation is 1. The van der Waals surface area contributed by atoms with E-state index in [1.807, 2.05) is 18.5 Å². The standard InChI is InChI=1S/C23H26F3N5O2S/c1-14-19(33-13-27-14)20-28-29-21(30(20)2)34-11-17(32)10-31-8-7-22(12-31)9-18(22)15-3-5-16(6-4-15)23(24,25)26/h3-6,13,17-18,32H,7-12H2,1-2H3/t17?,18?,22-/m0/s1. The third-order valence-corrected chi connectivity index (χ3v) is 8.12. The number of alkyl halides is 3. The van der Waals surface area contributed by atoms with Crippen LogP contribution in [0.25, 0.3) is 11.6 Å². The second-order valence-corrected chi connectivity index (χ2v) is 10.3. The van der Waals surface area contributed by atoms with Gasteiger partial charge in [0.15, 0.2) is 17.3 Å². The van der Waals surface area contributed by atoms with Crippen LogP contribution in [0.15, 0.2) is 40.2 Å². The summed E-state index contributed by atoms with van der Waals surface area (Å²) >= 11 is 1.44. The van der Waals surface area contributed by atoms with Crippen molar-refractivity contribution in [3.05, 3.63) is 47.5 Å². The van der Waals surface area contributed by atoms with Crippen molar-refractivity contribution in [2.75, 3.05) is 25.4 Å². The van der Waals surface area contributed by atoms with E-state index in [4.69, 9.17) is 4.42 Å². The Morgan fingerprint density at radius 2 is 2.03 bits per heavy atom. The number of aromatic nitrogens is 4. The maximum Gasteiger partial charge on any atom is 0.416 e. The van der Waals surface area contributed by atoms with Crippen LogP contribution in [0, 0.1) is 12.3 Å². The quantitative estimate of drug-likeness (QED) is 0.496. The smallest absolute Gasteiger partial charge is 0.416 e. The zero-order chi connectivity index (χ0) is 24.1. The first kappa shape index (κ1) is 23.4. The molecule has 1 N–H and O–H groups in total. The average Bonchev–Trinajstić information content (AvgIpc) is 3.06. The summed E-state index contributed by atoms with van der Waals surface area (Å²) in [6.07, 6.45) is -1.47. The molecular formula is C23H26F3N5O2S. The van der Waals surface area contributed by atoms with Gasteiger partial charge in [-0.05, 0) is 55.3 Å². The number of aliphatic hydroxyl groups excluding tert-OH is 1. The van der Waals surface area contributed by atoms with Crippen molar-refractivity contribution in [3.8, 4) is 11.6 Å². The van der Waals surface area contributed by atoms with Crippen molar-refractivity contribution < 1.29 is 22.7 Å². The number of β-amino-alcohol motifs (C(OH)–C–C–N with tert-alkyl or cyclic N) is 1. The Kier molecular flexibility index (Phi) is 5.97. The number of likely N-dealkylation sites (tertiary alicyclic amines) is 1. The molecule has 182 valence electrons. The zero-order valence-corrected chi connectivity index (χ0v) is 19.7. The normalized spacial score (nSPS) is 23.6. The summed E-state index contributed by atoms with van der Waals surface area (Å²) in [4.78, 5) is 6.34. The molecule has 2 aromatic heterocycles. The molecule has 7 nitrogen and oxygen atoms in total. The van der Waals surface area contributed by atoms with Gasteiger partial charge in [0.1, 0.15) is 0 Å². The lowest BCUT2D eigenvalue weighted by Crippen LogP contribution is -2.32. The Morgan fingerprint density at radius 3 is 2.71 bits per heavy atom. The van der Waals surface area contributed by atoms with Crippen molar-refractivity contribution in [1.29, 1.82) is 0 Å². The number of benzene rings is 1. The highest BCUT2D eigenvalue weighted by atomic mass is 32.2. The van der Waals surface area contributed by atoms with E-state index >= 15 is 0 Å². The van der Waals surface area contributed by atoms with Gasteiger partial charge in [0, 0.05) is 25.9 Å². The van der Waals surface area contributed by atoms with E-state index in [-0.39, 0.29) is 5.41 Å². The van der Waals surface area contributed by atoms with Crippen LogP contribution in [0.2, 0.25) is 0 Å². The summed E-state index contributed by atoms with van der Waals surface area (Å²) in [7, 11) is 1.85. The molecule has 3 atom stereocenters. The van der Waals surface area contributed by atoms with Crippen molar-refractivity contribution >= 4 is 11.8 Å². The SMILES string of the molecule is Cc1ncoc1-c1nnc(SCC(O)CN2CC[C@]3(CC3c3ccc(C(F)(F)F)cc3)C2)n1C. The Labute approximate surface area is 199 Å². The molecule has 1 aliphatic heterocycles. The number of aliphatic hydroxyl groups is 1. The molecule has 5 rings (SSSR count). The molecule has 1 aliphatic carbocycles. The summed E-state index contributed by atoms with van der Waals surface area (Å²) in [6.45, 7) is 4.15. The van der Waals surface area contributed by atoms with E-state index in [1.165, 1.54) is 30.3 Å². The summed E-state index contributed by atoms with van der Waals surface area (Å²) in [5, 5.41) is 19.7. The van der Waals surface area contributed by atoms with Gasteiger partial charge in [-0.3, -0.25) is 0 Å². The van der Waals surface area contributed by atoms with Gasteiger partial charge in [0.05, 0.1) is 17.4 Å². The zero-order valence-electron chi connectivity index (χ0n) is 18.9. The van der Waals surface area contributed by atoms with Gasteiger partial charge in [-0.25, -0.2) is 4.98 Å². The highest BCUT2D eigenvalue weighted by molar-refractivity contribution is 7.99. The molecule has 1 saturated carbocycles. The molecule has 34 heavy (non-hydrogen) atoms. The summed E-state index contributed by atoms with van der Waals surface area (Å²) in [6, 6.07) is 5.59. The molecule has 0 amide bonds. The van der Waals surface area contributed by atoms with Crippen LogP contribution in [0.1, 0.15) is 35.6 Å². The minimum absolute atomic E-state index is 0.125. The number of hydrogen-bond acceptors (Lipinski definition) is 7. The van der Waals surface area contributed by atoms with Gasteiger partial charge >= 0.3 is 6.18 Å². The number of rotatable bonds is 7. The molecular weight excluding hydrogens is 467 g/mol. The fraction of sp³-hybridized carbons (Fsp3) is 0.522. The third-order valence-electron chi connectivity index (χ3n) is 6.95. The largest absolute Gasteiger partial charge is 0.440 e. The van der Waals surface area contributed by atoms with Crippen LogP contribution in [-0.2, 0) is 13.2 Å². The van der Waals surface area contributed by atoms with E-state index < -0.39 is 17.8 Å². The van der Waals surface area contributed by atoms with Gasteiger partial charge in [0.25, 0.3) is 0 Å². The molecule has 2 fully saturated rings. The molecule has 1 aromatic carbocycles. The molecule has 3 heterocycles. The van der Waals surface area contributed by atoms with Crippen molar-refractivity contribution in [1.82, 2.24) is 24.6 Å². The van der Waals surface area contributed by atoms with Gasteiger partial charge in [-0.1, -0.05) is 23.9 Å². The summed E-state index contributed by atoms with van der Waals surface area (Å²) in [5.74, 6) is 1.95. The predicted molar refractivity (Wildman–Crippen MR) is 120 cm³/mol. The second-order valence-electron chi connectivity index (χ2n) is 9.32. The maximum atomic E-state index is 12.8. The van der Waals surface area contributed by atoms with E-state index in [0.29, 0.717) is 35.0 Å². The highest BCUT2D eigenvalue weighted by Crippen LogP contribution is 2.64. The Balaban J connectivity index is 1.12. The molecule has 3 aromatic rings. The van der Waals surface area contributed by atoms with Gasteiger partial charge < -0.3 is 19.0 Å². The van der Waals surface area contributed by atoms with E-state index in [0.717, 1.165) is 37.2 Å². The summed E-state index contributed by atoms with van der Waals surface area (Å²) in [5.41, 5.74) is 1.24. The molecule has 0 bridgehead atoms. The molecule has 0 radical (unpaired) electrons. The van der Waals surface area contributed by atoms with Crippen LogP contribution >= 0.6 is 11.8 Å². The van der Waals surface area contributed by atoms with Crippen molar-refractivity contribution in [2.24, 2.45) is 12.5 Å². The monoisotopic (exact) mass is 493 g/mol. The van der Waals surface area contributed by atoms with E-state index in [1.54, 1.807) is 12.1 Å². The second kappa shape index (κ2) is 8.69. The number of oxazole rings is 1. The topological polar surface area (TPSA) is 80.2 Å². The minimum Gasteiger partial charge on any atom is -0.440 e. The van der Waals surface area contributed by atoms with Gasteiger partial charge in [-0.15, -0.1) is 10.2 Å². The highest BCUT2D eigenvalue weighted by Gasteiger charge is 2.57. The Bertz CT molecular complexity index is 1160. The maximum absolute atomic E-state index is 12.8. The number of halogens is 3. The Hall–Kier alpha value is -2.37. The number of thioether (sulfide) groups is 1. The molecule has 2 unspecified atom stereocenters.